The average Bonchev–Trinajstić information content (AvgIpc) is 2.60. The van der Waals surface area contributed by atoms with Gasteiger partial charge in [0.15, 0.2) is 0 Å². The maximum absolute atomic E-state index is 13.0. The Balaban J connectivity index is 2.32. The van der Waals surface area contributed by atoms with Gasteiger partial charge in [-0.25, -0.2) is 8.42 Å². The number of nitrogens with zero attached hydrogens (tertiary/aromatic N) is 1. The largest absolute Gasteiger partial charge is 0.348 e. The SMILES string of the molecule is CC[C@@H](C(=O)N[C@H](C)c1ccc(C)c(C)c1)N(c1cccc(Cl)c1)S(C)(=O)=O. The number of sulfonamides is 1. The number of amides is 1. The number of carbonyl (C=O) groups is 1. The van der Waals surface area contributed by atoms with Gasteiger partial charge in [0.05, 0.1) is 18.0 Å². The van der Waals surface area contributed by atoms with E-state index in [1.807, 2.05) is 39.0 Å². The topological polar surface area (TPSA) is 66.5 Å². The quantitative estimate of drug-likeness (QED) is 0.720. The van der Waals surface area contributed by atoms with E-state index >= 15 is 0 Å². The van der Waals surface area contributed by atoms with Crippen LogP contribution < -0.4 is 9.62 Å². The number of hydrogen-bond donors (Lipinski definition) is 1. The van der Waals surface area contributed by atoms with Crippen LogP contribution in [0.5, 0.6) is 0 Å². The van der Waals surface area contributed by atoms with Gasteiger partial charge in [0.1, 0.15) is 6.04 Å². The Bertz CT molecular complexity index is 960. The molecule has 0 aromatic heterocycles. The summed E-state index contributed by atoms with van der Waals surface area (Å²) in [6, 6.07) is 11.4. The molecule has 28 heavy (non-hydrogen) atoms. The summed E-state index contributed by atoms with van der Waals surface area (Å²) < 4.78 is 26.1. The van der Waals surface area contributed by atoms with Crippen LogP contribution in [0.25, 0.3) is 0 Å². The number of aryl methyl sites for hydroxylation is 2. The van der Waals surface area contributed by atoms with Gasteiger partial charge in [-0.2, -0.15) is 0 Å². The Morgan fingerprint density at radius 1 is 1.14 bits per heavy atom. The fourth-order valence-electron chi connectivity index (χ4n) is 3.10. The zero-order valence-electron chi connectivity index (χ0n) is 16.9. The highest BCUT2D eigenvalue weighted by molar-refractivity contribution is 7.92. The van der Waals surface area contributed by atoms with Crippen molar-refractivity contribution < 1.29 is 13.2 Å². The number of carbonyl (C=O) groups excluding carboxylic acids is 1. The lowest BCUT2D eigenvalue weighted by Gasteiger charge is -2.31. The molecule has 1 N–H and O–H groups in total. The number of halogens is 1. The lowest BCUT2D eigenvalue weighted by molar-refractivity contribution is -0.122. The van der Waals surface area contributed by atoms with E-state index in [1.165, 1.54) is 5.56 Å². The molecule has 0 spiro atoms. The third kappa shape index (κ3) is 5.26. The fraction of sp³-hybridized carbons (Fsp3) is 0.381. The summed E-state index contributed by atoms with van der Waals surface area (Å²) in [6.45, 7) is 7.73. The predicted octanol–water partition coefficient (Wildman–Crippen LogP) is 4.38. The van der Waals surface area contributed by atoms with Crippen LogP contribution in [0, 0.1) is 13.8 Å². The normalized spacial score (nSPS) is 13.6. The van der Waals surface area contributed by atoms with Crippen LogP contribution in [0.3, 0.4) is 0 Å². The summed E-state index contributed by atoms with van der Waals surface area (Å²) in [5, 5.41) is 3.36. The molecule has 2 atom stereocenters. The Kier molecular flexibility index (Phi) is 7.12. The van der Waals surface area contributed by atoms with Gasteiger partial charge in [-0.15, -0.1) is 0 Å². The van der Waals surface area contributed by atoms with Crippen LogP contribution in [-0.4, -0.2) is 26.6 Å². The summed E-state index contributed by atoms with van der Waals surface area (Å²) in [4.78, 5) is 13.0. The zero-order valence-corrected chi connectivity index (χ0v) is 18.4. The summed E-state index contributed by atoms with van der Waals surface area (Å²) in [5.74, 6) is -0.348. The predicted molar refractivity (Wildman–Crippen MR) is 115 cm³/mol. The third-order valence-electron chi connectivity index (χ3n) is 4.78. The van der Waals surface area contributed by atoms with Crippen LogP contribution in [0.4, 0.5) is 5.69 Å². The molecule has 2 rings (SSSR count). The molecule has 2 aromatic carbocycles. The van der Waals surface area contributed by atoms with Gasteiger partial charge in [0.25, 0.3) is 0 Å². The molecule has 2 aromatic rings. The van der Waals surface area contributed by atoms with E-state index in [2.05, 4.69) is 5.32 Å². The van der Waals surface area contributed by atoms with E-state index < -0.39 is 16.1 Å². The second kappa shape index (κ2) is 8.97. The maximum atomic E-state index is 13.0. The summed E-state index contributed by atoms with van der Waals surface area (Å²) in [5.41, 5.74) is 3.66. The van der Waals surface area contributed by atoms with E-state index in [0.29, 0.717) is 17.1 Å². The average molecular weight is 423 g/mol. The molecule has 5 nitrogen and oxygen atoms in total. The van der Waals surface area contributed by atoms with E-state index in [1.54, 1.807) is 31.2 Å². The first-order valence-corrected chi connectivity index (χ1v) is 11.4. The molecule has 0 saturated heterocycles. The number of benzene rings is 2. The van der Waals surface area contributed by atoms with Crippen molar-refractivity contribution in [3.05, 3.63) is 64.2 Å². The van der Waals surface area contributed by atoms with Crippen molar-refractivity contribution in [3.8, 4) is 0 Å². The molecule has 0 unspecified atom stereocenters. The van der Waals surface area contributed by atoms with Crippen molar-refractivity contribution in [2.45, 2.75) is 46.2 Å². The maximum Gasteiger partial charge on any atom is 0.244 e. The molecular formula is C21H27ClN2O3S. The lowest BCUT2D eigenvalue weighted by Crippen LogP contribution is -2.49. The molecule has 0 fully saturated rings. The van der Waals surface area contributed by atoms with Crippen LogP contribution in [-0.2, 0) is 14.8 Å². The van der Waals surface area contributed by atoms with Gasteiger partial charge in [-0.05, 0) is 62.1 Å². The minimum absolute atomic E-state index is 0.248. The van der Waals surface area contributed by atoms with Crippen LogP contribution in [0.1, 0.15) is 43.0 Å². The van der Waals surface area contributed by atoms with Crippen molar-refractivity contribution in [2.24, 2.45) is 0 Å². The van der Waals surface area contributed by atoms with Gasteiger partial charge < -0.3 is 5.32 Å². The second-order valence-corrected chi connectivity index (χ2v) is 9.33. The number of rotatable bonds is 7. The molecule has 152 valence electrons. The van der Waals surface area contributed by atoms with Crippen molar-refractivity contribution >= 4 is 33.2 Å². The molecular weight excluding hydrogens is 396 g/mol. The molecule has 0 radical (unpaired) electrons. The first-order valence-electron chi connectivity index (χ1n) is 9.17. The minimum Gasteiger partial charge on any atom is -0.348 e. The molecule has 0 aliphatic rings. The number of hydrogen-bond acceptors (Lipinski definition) is 3. The molecule has 0 aliphatic heterocycles. The van der Waals surface area contributed by atoms with Gasteiger partial charge in [0, 0.05) is 5.02 Å². The van der Waals surface area contributed by atoms with Crippen molar-refractivity contribution in [2.75, 3.05) is 10.6 Å². The molecule has 1 amide bonds. The Labute approximate surface area is 172 Å². The molecule has 0 saturated carbocycles. The Hall–Kier alpha value is -2.05. The minimum atomic E-state index is -3.69. The monoisotopic (exact) mass is 422 g/mol. The van der Waals surface area contributed by atoms with E-state index in [0.717, 1.165) is 21.7 Å². The number of anilines is 1. The van der Waals surface area contributed by atoms with Gasteiger partial charge in [0.2, 0.25) is 15.9 Å². The van der Waals surface area contributed by atoms with Crippen LogP contribution >= 0.6 is 11.6 Å². The standard InChI is InChI=1S/C21H27ClN2O3S/c1-6-20(24(28(5,26)27)19-9-7-8-18(22)13-19)21(25)23-16(4)17-11-10-14(2)15(3)12-17/h7-13,16,20H,6H2,1-5H3,(H,23,25)/t16-,20+/m1/s1. The highest BCUT2D eigenvalue weighted by Gasteiger charge is 2.32. The summed E-state index contributed by atoms with van der Waals surface area (Å²) in [6.07, 6.45) is 1.42. The lowest BCUT2D eigenvalue weighted by atomic mass is 10.0. The first kappa shape index (κ1) is 22.2. The van der Waals surface area contributed by atoms with E-state index in [-0.39, 0.29) is 11.9 Å². The highest BCUT2D eigenvalue weighted by Crippen LogP contribution is 2.26. The van der Waals surface area contributed by atoms with Crippen LogP contribution in [0.2, 0.25) is 5.02 Å². The van der Waals surface area contributed by atoms with Crippen molar-refractivity contribution in [1.29, 1.82) is 0 Å². The highest BCUT2D eigenvalue weighted by atomic mass is 35.5. The van der Waals surface area contributed by atoms with E-state index in [9.17, 15) is 13.2 Å². The Morgan fingerprint density at radius 3 is 2.36 bits per heavy atom. The summed E-state index contributed by atoms with van der Waals surface area (Å²) >= 11 is 6.04. The first-order chi connectivity index (χ1) is 13.0. The van der Waals surface area contributed by atoms with Crippen LogP contribution in [0.15, 0.2) is 42.5 Å². The van der Waals surface area contributed by atoms with Crippen molar-refractivity contribution in [1.82, 2.24) is 5.32 Å². The van der Waals surface area contributed by atoms with Gasteiger partial charge in [-0.1, -0.05) is 42.8 Å². The van der Waals surface area contributed by atoms with Crippen molar-refractivity contribution in [3.63, 3.8) is 0 Å². The second-order valence-electron chi connectivity index (χ2n) is 7.04. The van der Waals surface area contributed by atoms with Gasteiger partial charge in [-0.3, -0.25) is 9.10 Å². The smallest absolute Gasteiger partial charge is 0.244 e. The molecule has 0 aliphatic carbocycles. The Morgan fingerprint density at radius 2 is 1.82 bits per heavy atom. The number of nitrogens with one attached hydrogen (secondary N) is 1. The molecule has 0 bridgehead atoms. The third-order valence-corrected chi connectivity index (χ3v) is 6.20. The zero-order chi connectivity index (χ0) is 21.1. The molecule has 7 heteroatoms. The fourth-order valence-corrected chi connectivity index (χ4v) is 4.49. The van der Waals surface area contributed by atoms with E-state index in [4.69, 9.17) is 11.6 Å². The molecule has 0 heterocycles. The summed E-state index contributed by atoms with van der Waals surface area (Å²) in [7, 11) is -3.69. The van der Waals surface area contributed by atoms with Gasteiger partial charge >= 0.3 is 0 Å².